The molecule has 0 atom stereocenters. The van der Waals surface area contributed by atoms with Gasteiger partial charge in [-0.3, -0.25) is 4.79 Å². The first-order valence-electron chi connectivity index (χ1n) is 5.27. The predicted molar refractivity (Wildman–Crippen MR) is 69.9 cm³/mol. The highest BCUT2D eigenvalue weighted by atomic mass is 32.2. The Kier molecular flexibility index (Phi) is 5.42. The van der Waals surface area contributed by atoms with Crippen LogP contribution in [0.3, 0.4) is 0 Å². The maximum Gasteiger partial charge on any atom is 0.309 e. The fourth-order valence-corrected chi connectivity index (χ4v) is 3.24. The molecule has 4 nitrogen and oxygen atoms in total. The number of ether oxygens (including phenoxy) is 1. The van der Waals surface area contributed by atoms with Gasteiger partial charge in [0.1, 0.15) is 4.34 Å². The number of carboxylic acids is 1. The quantitative estimate of drug-likeness (QED) is 0.775. The standard InChI is InChI=1S/C11H17NO3S2/c1-11(2,15-3)4-5-16-10-12-8(7-17-10)6-9(13)14/h7H,4-6H2,1-3H3,(H,13,14). The van der Waals surface area contributed by atoms with E-state index in [-0.39, 0.29) is 12.0 Å². The van der Waals surface area contributed by atoms with Gasteiger partial charge in [-0.25, -0.2) is 4.98 Å². The van der Waals surface area contributed by atoms with Crippen LogP contribution >= 0.6 is 23.1 Å². The van der Waals surface area contributed by atoms with Crippen molar-refractivity contribution in [3.05, 3.63) is 11.1 Å². The Balaban J connectivity index is 2.37. The van der Waals surface area contributed by atoms with Crippen LogP contribution in [0.4, 0.5) is 0 Å². The zero-order valence-corrected chi connectivity index (χ0v) is 11.9. The first-order valence-corrected chi connectivity index (χ1v) is 7.13. The number of hydrogen-bond donors (Lipinski definition) is 1. The fourth-order valence-electron chi connectivity index (χ4n) is 1.08. The topological polar surface area (TPSA) is 59.4 Å². The number of nitrogens with zero attached hydrogens (tertiary/aromatic N) is 1. The molecule has 1 aromatic rings. The van der Waals surface area contributed by atoms with Gasteiger partial charge in [0.05, 0.1) is 17.7 Å². The largest absolute Gasteiger partial charge is 0.481 e. The maximum absolute atomic E-state index is 10.5. The average Bonchev–Trinajstić information content (AvgIpc) is 2.64. The lowest BCUT2D eigenvalue weighted by atomic mass is 10.1. The van der Waals surface area contributed by atoms with Crippen LogP contribution in [0.2, 0.25) is 0 Å². The summed E-state index contributed by atoms with van der Waals surface area (Å²) >= 11 is 3.14. The third-order valence-electron chi connectivity index (χ3n) is 2.35. The van der Waals surface area contributed by atoms with Gasteiger partial charge in [0.15, 0.2) is 0 Å². The lowest BCUT2D eigenvalue weighted by Gasteiger charge is -2.21. The molecule has 0 amide bonds. The van der Waals surface area contributed by atoms with Gasteiger partial charge in [0.25, 0.3) is 0 Å². The Morgan fingerprint density at radius 3 is 2.94 bits per heavy atom. The van der Waals surface area contributed by atoms with E-state index in [0.29, 0.717) is 5.69 Å². The number of rotatable bonds is 7. The lowest BCUT2D eigenvalue weighted by molar-refractivity contribution is -0.136. The van der Waals surface area contributed by atoms with Crippen molar-refractivity contribution >= 4 is 29.1 Å². The van der Waals surface area contributed by atoms with E-state index in [9.17, 15) is 4.79 Å². The number of aromatic nitrogens is 1. The Morgan fingerprint density at radius 2 is 2.35 bits per heavy atom. The summed E-state index contributed by atoms with van der Waals surface area (Å²) in [6, 6.07) is 0. The number of carbonyl (C=O) groups is 1. The smallest absolute Gasteiger partial charge is 0.309 e. The van der Waals surface area contributed by atoms with Gasteiger partial charge in [-0.2, -0.15) is 0 Å². The van der Waals surface area contributed by atoms with Crippen molar-refractivity contribution in [2.45, 2.75) is 36.6 Å². The molecule has 17 heavy (non-hydrogen) atoms. The molecule has 0 saturated heterocycles. The molecule has 1 N–H and O–H groups in total. The zero-order chi connectivity index (χ0) is 12.9. The highest BCUT2D eigenvalue weighted by molar-refractivity contribution is 8.01. The van der Waals surface area contributed by atoms with Gasteiger partial charge in [-0.15, -0.1) is 11.3 Å². The van der Waals surface area contributed by atoms with Crippen LogP contribution < -0.4 is 0 Å². The number of thioether (sulfide) groups is 1. The Bertz CT molecular complexity index is 377. The summed E-state index contributed by atoms with van der Waals surface area (Å²) in [6.45, 7) is 4.09. The molecule has 0 spiro atoms. The van der Waals surface area contributed by atoms with Crippen molar-refractivity contribution in [1.29, 1.82) is 0 Å². The second kappa shape index (κ2) is 6.37. The van der Waals surface area contributed by atoms with Gasteiger partial charge in [0.2, 0.25) is 0 Å². The lowest BCUT2D eigenvalue weighted by Crippen LogP contribution is -2.22. The summed E-state index contributed by atoms with van der Waals surface area (Å²) in [7, 11) is 1.71. The minimum atomic E-state index is -0.840. The van der Waals surface area contributed by atoms with E-state index in [1.54, 1.807) is 24.3 Å². The molecule has 0 aliphatic heterocycles. The van der Waals surface area contributed by atoms with E-state index in [4.69, 9.17) is 9.84 Å². The number of carboxylic acid groups (broad SMARTS) is 1. The number of methoxy groups -OCH3 is 1. The first kappa shape index (κ1) is 14.5. The molecule has 0 radical (unpaired) electrons. The molecule has 0 aliphatic rings. The Hall–Kier alpha value is -0.590. The van der Waals surface area contributed by atoms with Gasteiger partial charge in [-0.1, -0.05) is 11.8 Å². The van der Waals surface area contributed by atoms with E-state index in [2.05, 4.69) is 4.98 Å². The summed E-state index contributed by atoms with van der Waals surface area (Å²) in [4.78, 5) is 14.8. The summed E-state index contributed by atoms with van der Waals surface area (Å²) in [6.07, 6.45) is 0.933. The molecule has 0 aliphatic carbocycles. The van der Waals surface area contributed by atoms with Crippen LogP contribution in [0.15, 0.2) is 9.72 Å². The van der Waals surface area contributed by atoms with Crippen molar-refractivity contribution in [3.63, 3.8) is 0 Å². The average molecular weight is 275 g/mol. The molecular formula is C11H17NO3S2. The van der Waals surface area contributed by atoms with E-state index < -0.39 is 5.97 Å². The fraction of sp³-hybridized carbons (Fsp3) is 0.636. The van der Waals surface area contributed by atoms with Crippen LogP contribution in [-0.4, -0.2) is 34.5 Å². The second-order valence-electron chi connectivity index (χ2n) is 4.24. The number of hydrogen-bond acceptors (Lipinski definition) is 5. The molecule has 0 bridgehead atoms. The molecule has 0 fully saturated rings. The van der Waals surface area contributed by atoms with Crippen molar-refractivity contribution in [3.8, 4) is 0 Å². The van der Waals surface area contributed by atoms with E-state index in [1.807, 2.05) is 13.8 Å². The summed E-state index contributed by atoms with van der Waals surface area (Å²) < 4.78 is 6.25. The number of thiazole rings is 1. The van der Waals surface area contributed by atoms with Crippen LogP contribution in [-0.2, 0) is 16.0 Å². The molecule has 0 unspecified atom stereocenters. The number of aliphatic carboxylic acids is 1. The van der Waals surface area contributed by atoms with E-state index in [0.717, 1.165) is 16.5 Å². The van der Waals surface area contributed by atoms with Crippen LogP contribution in [0, 0.1) is 0 Å². The predicted octanol–water partition coefficient (Wildman–Crippen LogP) is 2.68. The van der Waals surface area contributed by atoms with Crippen LogP contribution in [0.25, 0.3) is 0 Å². The normalized spacial score (nSPS) is 11.7. The Morgan fingerprint density at radius 1 is 1.65 bits per heavy atom. The third kappa shape index (κ3) is 5.52. The summed E-state index contributed by atoms with van der Waals surface area (Å²) in [5.74, 6) is 0.0771. The Labute approximate surface area is 109 Å². The minimum Gasteiger partial charge on any atom is -0.481 e. The molecule has 0 aromatic carbocycles. The maximum atomic E-state index is 10.5. The van der Waals surface area contributed by atoms with Crippen molar-refractivity contribution in [2.75, 3.05) is 12.9 Å². The monoisotopic (exact) mass is 275 g/mol. The van der Waals surface area contributed by atoms with Crippen molar-refractivity contribution in [1.82, 2.24) is 4.98 Å². The van der Waals surface area contributed by atoms with Gasteiger partial charge >= 0.3 is 5.97 Å². The molecule has 6 heteroatoms. The van der Waals surface area contributed by atoms with Crippen molar-refractivity contribution < 1.29 is 14.6 Å². The minimum absolute atomic E-state index is 0.000619. The van der Waals surface area contributed by atoms with Crippen LogP contribution in [0.5, 0.6) is 0 Å². The van der Waals surface area contributed by atoms with Crippen molar-refractivity contribution in [2.24, 2.45) is 0 Å². The van der Waals surface area contributed by atoms with Gasteiger partial charge < -0.3 is 9.84 Å². The van der Waals surface area contributed by atoms with Gasteiger partial charge in [0, 0.05) is 18.2 Å². The third-order valence-corrected chi connectivity index (χ3v) is 4.42. The van der Waals surface area contributed by atoms with E-state index in [1.165, 1.54) is 11.3 Å². The highest BCUT2D eigenvalue weighted by Crippen LogP contribution is 2.26. The summed E-state index contributed by atoms with van der Waals surface area (Å²) in [5.41, 5.74) is 0.518. The van der Waals surface area contributed by atoms with E-state index >= 15 is 0 Å². The first-order chi connectivity index (χ1) is 7.93. The van der Waals surface area contributed by atoms with Crippen LogP contribution in [0.1, 0.15) is 26.0 Å². The molecule has 0 saturated carbocycles. The summed E-state index contributed by atoms with van der Waals surface area (Å²) in [5, 5.41) is 10.4. The molecule has 1 heterocycles. The molecule has 1 aromatic heterocycles. The highest BCUT2D eigenvalue weighted by Gasteiger charge is 2.16. The molecular weight excluding hydrogens is 258 g/mol. The molecule has 1 rings (SSSR count). The molecule has 96 valence electrons. The van der Waals surface area contributed by atoms with Gasteiger partial charge in [-0.05, 0) is 20.3 Å². The SMILES string of the molecule is COC(C)(C)CCSc1nc(CC(=O)O)cs1. The zero-order valence-electron chi connectivity index (χ0n) is 10.2. The second-order valence-corrected chi connectivity index (χ2v) is 6.44.